The van der Waals surface area contributed by atoms with Crippen molar-refractivity contribution < 1.29 is 48.7 Å². The smallest absolute Gasteiger partial charge is 0.306 e. The van der Waals surface area contributed by atoms with Crippen molar-refractivity contribution in [2.45, 2.75) is 173 Å². The molecule has 11 nitrogen and oxygen atoms in total. The molecule has 258 valence electrons. The van der Waals surface area contributed by atoms with Gasteiger partial charge in [0.05, 0.1) is 6.61 Å². The zero-order valence-corrected chi connectivity index (χ0v) is 27.5. The normalized spacial score (nSPS) is 22.4. The van der Waals surface area contributed by atoms with E-state index in [1.54, 1.807) is 0 Å². The third kappa shape index (κ3) is 18.2. The van der Waals surface area contributed by atoms with Crippen molar-refractivity contribution in [3.63, 3.8) is 0 Å². The van der Waals surface area contributed by atoms with Crippen LogP contribution in [0.2, 0.25) is 0 Å². The first-order valence-corrected chi connectivity index (χ1v) is 17.2. The molecule has 1 heterocycles. The number of aliphatic hydroxyl groups excluding tert-OH is 3. The molecule has 0 aromatic heterocycles. The van der Waals surface area contributed by atoms with Crippen molar-refractivity contribution in [1.29, 1.82) is 0 Å². The van der Waals surface area contributed by atoms with E-state index >= 15 is 0 Å². The number of carbonyl (C=O) groups excluding carboxylic acids is 3. The first-order chi connectivity index (χ1) is 21.2. The number of hydrogen-bond acceptors (Lipinski definition) is 10. The maximum absolute atomic E-state index is 12.5. The summed E-state index contributed by atoms with van der Waals surface area (Å²) < 4.78 is 22.4. The minimum absolute atomic E-state index is 0.0785. The molecule has 1 fully saturated rings. The molecule has 1 aliphatic heterocycles. The van der Waals surface area contributed by atoms with E-state index in [1.807, 2.05) is 0 Å². The Morgan fingerprint density at radius 2 is 1.18 bits per heavy atom. The van der Waals surface area contributed by atoms with Crippen LogP contribution in [0.1, 0.15) is 136 Å². The molecule has 1 aliphatic rings. The van der Waals surface area contributed by atoms with E-state index in [4.69, 9.17) is 18.9 Å². The highest BCUT2D eigenvalue weighted by atomic mass is 16.7. The SMILES string of the molecule is CCCCCCCC(=O)NC[C@H]1O[C@H](OC[C@@H](COC(=O)CCCCCCC)OC(=O)CCCCCCC)[C@H](O)[C@@H](O)[C@@H]1O. The Kier molecular flexibility index (Phi) is 23.2. The zero-order chi connectivity index (χ0) is 32.6. The molecule has 0 saturated carbocycles. The van der Waals surface area contributed by atoms with E-state index in [2.05, 4.69) is 26.1 Å². The lowest BCUT2D eigenvalue weighted by atomic mass is 9.98. The van der Waals surface area contributed by atoms with Crippen LogP contribution in [0.4, 0.5) is 0 Å². The molecule has 0 bridgehead atoms. The van der Waals surface area contributed by atoms with Gasteiger partial charge in [0.15, 0.2) is 12.4 Å². The predicted octanol–water partition coefficient (Wildman–Crippen LogP) is 4.46. The number of rotatable bonds is 26. The van der Waals surface area contributed by atoms with E-state index in [0.29, 0.717) is 12.8 Å². The molecule has 0 aliphatic carbocycles. The van der Waals surface area contributed by atoms with Crippen LogP contribution < -0.4 is 5.32 Å². The summed E-state index contributed by atoms with van der Waals surface area (Å²) in [6, 6.07) is 0. The van der Waals surface area contributed by atoms with Crippen molar-refractivity contribution in [2.24, 2.45) is 0 Å². The van der Waals surface area contributed by atoms with Gasteiger partial charge in [-0.05, 0) is 19.3 Å². The fourth-order valence-electron chi connectivity index (χ4n) is 4.98. The predicted molar refractivity (Wildman–Crippen MR) is 167 cm³/mol. The fraction of sp³-hybridized carbons (Fsp3) is 0.909. The molecule has 0 aromatic rings. The summed E-state index contributed by atoms with van der Waals surface area (Å²) in [6.45, 7) is 5.80. The quantitative estimate of drug-likeness (QED) is 0.0792. The van der Waals surface area contributed by atoms with E-state index in [-0.39, 0.29) is 38.5 Å². The maximum atomic E-state index is 12.5. The van der Waals surface area contributed by atoms with E-state index in [9.17, 15) is 29.7 Å². The average molecular weight is 632 g/mol. The van der Waals surface area contributed by atoms with Gasteiger partial charge in [-0.25, -0.2) is 0 Å². The highest BCUT2D eigenvalue weighted by Crippen LogP contribution is 2.22. The minimum Gasteiger partial charge on any atom is -0.462 e. The molecule has 0 aromatic carbocycles. The number of ether oxygens (including phenoxy) is 4. The Hall–Kier alpha value is -1.79. The number of aliphatic hydroxyl groups is 3. The van der Waals surface area contributed by atoms with Crippen LogP contribution >= 0.6 is 0 Å². The second kappa shape index (κ2) is 25.4. The van der Waals surface area contributed by atoms with Crippen molar-refractivity contribution in [3.05, 3.63) is 0 Å². The summed E-state index contributed by atoms with van der Waals surface area (Å²) in [5.41, 5.74) is 0. The van der Waals surface area contributed by atoms with Crippen LogP contribution in [0.15, 0.2) is 0 Å². The maximum Gasteiger partial charge on any atom is 0.306 e. The fourth-order valence-corrected chi connectivity index (χ4v) is 4.98. The van der Waals surface area contributed by atoms with Crippen molar-refractivity contribution in [2.75, 3.05) is 19.8 Å². The highest BCUT2D eigenvalue weighted by molar-refractivity contribution is 5.75. The van der Waals surface area contributed by atoms with Gasteiger partial charge in [0, 0.05) is 25.8 Å². The summed E-state index contributed by atoms with van der Waals surface area (Å²) in [4.78, 5) is 37.1. The summed E-state index contributed by atoms with van der Waals surface area (Å²) in [7, 11) is 0. The van der Waals surface area contributed by atoms with Crippen molar-refractivity contribution >= 4 is 17.8 Å². The van der Waals surface area contributed by atoms with Crippen LogP contribution in [0, 0.1) is 0 Å². The van der Waals surface area contributed by atoms with Crippen LogP contribution in [0.3, 0.4) is 0 Å². The number of unbranched alkanes of at least 4 members (excludes halogenated alkanes) is 12. The number of esters is 2. The molecular weight excluding hydrogens is 570 g/mol. The number of carbonyl (C=O) groups is 3. The summed E-state index contributed by atoms with van der Waals surface area (Å²) in [6.07, 6.45) is 7.70. The Labute approximate surface area is 264 Å². The summed E-state index contributed by atoms with van der Waals surface area (Å²) in [5.74, 6) is -1.03. The Balaban J connectivity index is 2.67. The van der Waals surface area contributed by atoms with Gasteiger partial charge in [-0.1, -0.05) is 97.8 Å². The zero-order valence-electron chi connectivity index (χ0n) is 27.5. The lowest BCUT2D eigenvalue weighted by molar-refractivity contribution is -0.299. The number of nitrogens with one attached hydrogen (secondary N) is 1. The lowest BCUT2D eigenvalue weighted by Gasteiger charge is -2.40. The van der Waals surface area contributed by atoms with Crippen LogP contribution in [-0.2, 0) is 33.3 Å². The molecule has 0 radical (unpaired) electrons. The van der Waals surface area contributed by atoms with Gasteiger partial charge in [0.1, 0.15) is 31.0 Å². The molecule has 0 spiro atoms. The van der Waals surface area contributed by atoms with Gasteiger partial charge in [-0.3, -0.25) is 14.4 Å². The molecule has 44 heavy (non-hydrogen) atoms. The molecular formula is C33H61NO10. The van der Waals surface area contributed by atoms with Gasteiger partial charge in [0.25, 0.3) is 0 Å². The lowest BCUT2D eigenvalue weighted by Crippen LogP contribution is -2.60. The third-order valence-corrected chi connectivity index (χ3v) is 7.82. The average Bonchev–Trinajstić information content (AvgIpc) is 3.01. The number of amides is 1. The Bertz CT molecular complexity index is 767. The standard InChI is InChI=1S/C33H61NO10/c1-4-7-10-13-16-19-27(35)34-22-26-30(38)31(39)32(40)33(44-26)42-24-25(43-29(37)21-18-15-12-9-6-3)23-41-28(36)20-17-14-11-8-5-2/h25-26,30-33,38-40H,4-24H2,1-3H3,(H,34,35)/t25-,26-,30-,31+,32-,33+/m1/s1. The van der Waals surface area contributed by atoms with Crippen LogP contribution in [0.25, 0.3) is 0 Å². The Morgan fingerprint density at radius 1 is 0.659 bits per heavy atom. The van der Waals surface area contributed by atoms with Crippen molar-refractivity contribution in [1.82, 2.24) is 5.32 Å². The third-order valence-electron chi connectivity index (χ3n) is 7.82. The van der Waals surface area contributed by atoms with E-state index in [1.165, 1.54) is 0 Å². The monoisotopic (exact) mass is 631 g/mol. The molecule has 6 atom stereocenters. The molecule has 1 saturated heterocycles. The highest BCUT2D eigenvalue weighted by Gasteiger charge is 2.44. The minimum atomic E-state index is -1.59. The first-order valence-electron chi connectivity index (χ1n) is 17.2. The second-order valence-corrected chi connectivity index (χ2v) is 11.9. The second-order valence-electron chi connectivity index (χ2n) is 11.9. The Morgan fingerprint density at radius 3 is 1.75 bits per heavy atom. The molecule has 4 N–H and O–H groups in total. The summed E-state index contributed by atoms with van der Waals surface area (Å²) in [5, 5.41) is 34.1. The van der Waals surface area contributed by atoms with Crippen molar-refractivity contribution in [3.8, 4) is 0 Å². The molecule has 0 unspecified atom stereocenters. The summed E-state index contributed by atoms with van der Waals surface area (Å²) >= 11 is 0. The first kappa shape index (κ1) is 40.2. The van der Waals surface area contributed by atoms with Gasteiger partial charge in [-0.15, -0.1) is 0 Å². The van der Waals surface area contributed by atoms with Gasteiger partial charge >= 0.3 is 11.9 Å². The van der Waals surface area contributed by atoms with Gasteiger partial charge < -0.3 is 39.6 Å². The molecule has 11 heteroatoms. The van der Waals surface area contributed by atoms with Gasteiger partial charge in [-0.2, -0.15) is 0 Å². The number of hydrogen-bond donors (Lipinski definition) is 4. The largest absolute Gasteiger partial charge is 0.462 e. The van der Waals surface area contributed by atoms with E-state index in [0.717, 1.165) is 89.9 Å². The van der Waals surface area contributed by atoms with Crippen LogP contribution in [-0.4, -0.2) is 89.7 Å². The van der Waals surface area contributed by atoms with E-state index < -0.39 is 48.7 Å². The molecule has 1 amide bonds. The molecule has 1 rings (SSSR count). The van der Waals surface area contributed by atoms with Crippen LogP contribution in [0.5, 0.6) is 0 Å². The topological polar surface area (TPSA) is 161 Å². The van der Waals surface area contributed by atoms with Gasteiger partial charge in [0.2, 0.25) is 5.91 Å².